The SMILES string of the molecule is O=C(C[C@H]1CC[C@@H]2[C@H](COC[C@H](O)CN2Cc2ccccc2)O1)NCc1ccccc1Cl. The Balaban J connectivity index is 1.34. The molecule has 2 aliphatic heterocycles. The van der Waals surface area contributed by atoms with E-state index in [0.717, 1.165) is 24.9 Å². The molecule has 0 unspecified atom stereocenters. The van der Waals surface area contributed by atoms with Crippen molar-refractivity contribution in [2.75, 3.05) is 19.8 Å². The van der Waals surface area contributed by atoms with Crippen LogP contribution in [0.1, 0.15) is 30.4 Å². The van der Waals surface area contributed by atoms with Gasteiger partial charge in [-0.1, -0.05) is 60.1 Å². The lowest BCUT2D eigenvalue weighted by atomic mass is 9.94. The molecule has 172 valence electrons. The van der Waals surface area contributed by atoms with Gasteiger partial charge in [0.25, 0.3) is 0 Å². The lowest BCUT2D eigenvalue weighted by Crippen LogP contribution is -2.55. The molecule has 0 radical (unpaired) electrons. The van der Waals surface area contributed by atoms with E-state index in [4.69, 9.17) is 21.1 Å². The minimum atomic E-state index is -0.520. The van der Waals surface area contributed by atoms with Gasteiger partial charge in [-0.2, -0.15) is 0 Å². The van der Waals surface area contributed by atoms with Gasteiger partial charge in [0, 0.05) is 30.7 Å². The number of rotatable bonds is 6. The Morgan fingerprint density at radius 3 is 2.69 bits per heavy atom. The van der Waals surface area contributed by atoms with Gasteiger partial charge < -0.3 is 19.9 Å². The summed E-state index contributed by atoms with van der Waals surface area (Å²) in [7, 11) is 0. The van der Waals surface area contributed by atoms with E-state index >= 15 is 0 Å². The molecule has 1 amide bonds. The van der Waals surface area contributed by atoms with E-state index in [1.807, 2.05) is 42.5 Å². The van der Waals surface area contributed by atoms with Crippen molar-refractivity contribution in [1.29, 1.82) is 0 Å². The number of nitrogens with one attached hydrogen (secondary N) is 1. The molecule has 2 saturated heterocycles. The first-order chi connectivity index (χ1) is 15.6. The summed E-state index contributed by atoms with van der Waals surface area (Å²) in [6, 6.07) is 17.9. The lowest BCUT2D eigenvalue weighted by molar-refractivity contribution is -0.158. The van der Waals surface area contributed by atoms with Crippen LogP contribution in [0.4, 0.5) is 0 Å². The second kappa shape index (κ2) is 11.3. The average molecular weight is 459 g/mol. The largest absolute Gasteiger partial charge is 0.389 e. The van der Waals surface area contributed by atoms with Gasteiger partial charge in [-0.3, -0.25) is 9.69 Å². The van der Waals surface area contributed by atoms with Crippen molar-refractivity contribution in [2.45, 2.75) is 56.7 Å². The average Bonchev–Trinajstić information content (AvgIpc) is 2.78. The van der Waals surface area contributed by atoms with Gasteiger partial charge in [0.15, 0.2) is 0 Å². The van der Waals surface area contributed by atoms with Crippen molar-refractivity contribution < 1.29 is 19.4 Å². The number of fused-ring (bicyclic) bond motifs is 1. The van der Waals surface area contributed by atoms with Crippen LogP contribution in [0.5, 0.6) is 0 Å². The Labute approximate surface area is 194 Å². The number of carbonyl (C=O) groups is 1. The zero-order valence-corrected chi connectivity index (χ0v) is 18.9. The quantitative estimate of drug-likeness (QED) is 0.695. The number of aliphatic hydroxyl groups excluding tert-OH is 1. The van der Waals surface area contributed by atoms with Crippen LogP contribution >= 0.6 is 11.6 Å². The summed E-state index contributed by atoms with van der Waals surface area (Å²) >= 11 is 6.17. The van der Waals surface area contributed by atoms with Crippen LogP contribution < -0.4 is 5.32 Å². The maximum Gasteiger partial charge on any atom is 0.222 e. The maximum absolute atomic E-state index is 12.5. The van der Waals surface area contributed by atoms with Gasteiger partial charge in [0.1, 0.15) is 0 Å². The second-order valence-corrected chi connectivity index (χ2v) is 9.03. The van der Waals surface area contributed by atoms with Crippen LogP contribution in [-0.4, -0.2) is 60.0 Å². The fourth-order valence-electron chi connectivity index (χ4n) is 4.56. The van der Waals surface area contributed by atoms with Crippen LogP contribution in [0, 0.1) is 0 Å². The number of β-amino-alcohol motifs (C(OH)–C–C–N with tert-alkyl or cyclic N) is 1. The zero-order chi connectivity index (χ0) is 22.3. The molecule has 2 heterocycles. The fraction of sp³-hybridized carbons (Fsp3) is 0.480. The summed E-state index contributed by atoms with van der Waals surface area (Å²) in [5.41, 5.74) is 2.11. The van der Waals surface area contributed by atoms with Crippen molar-refractivity contribution in [3.8, 4) is 0 Å². The number of amides is 1. The molecule has 0 aliphatic carbocycles. The lowest BCUT2D eigenvalue weighted by Gasteiger charge is -2.44. The Kier molecular flexibility index (Phi) is 8.16. The first-order valence-corrected chi connectivity index (χ1v) is 11.7. The van der Waals surface area contributed by atoms with Crippen molar-refractivity contribution in [3.05, 3.63) is 70.7 Å². The Bertz CT molecular complexity index is 881. The molecule has 6 nitrogen and oxygen atoms in total. The highest BCUT2D eigenvalue weighted by molar-refractivity contribution is 6.31. The normalized spacial score (nSPS) is 26.6. The highest BCUT2D eigenvalue weighted by Gasteiger charge is 2.38. The molecule has 0 spiro atoms. The summed E-state index contributed by atoms with van der Waals surface area (Å²) in [6.07, 6.45) is 1.22. The topological polar surface area (TPSA) is 71.0 Å². The molecule has 0 saturated carbocycles. The number of nitrogens with zero attached hydrogens (tertiary/aromatic N) is 1. The van der Waals surface area contributed by atoms with Crippen LogP contribution in [0.2, 0.25) is 5.02 Å². The maximum atomic E-state index is 12.5. The highest BCUT2D eigenvalue weighted by atomic mass is 35.5. The third-order valence-electron chi connectivity index (χ3n) is 6.16. The Morgan fingerprint density at radius 1 is 1.09 bits per heavy atom. The molecule has 7 heteroatoms. The van der Waals surface area contributed by atoms with Gasteiger partial charge in [-0.15, -0.1) is 0 Å². The van der Waals surface area contributed by atoms with Crippen LogP contribution in [0.3, 0.4) is 0 Å². The van der Waals surface area contributed by atoms with Crippen molar-refractivity contribution >= 4 is 17.5 Å². The summed E-state index contributed by atoms with van der Waals surface area (Å²) < 4.78 is 12.1. The second-order valence-electron chi connectivity index (χ2n) is 8.62. The molecule has 2 fully saturated rings. The number of carbonyl (C=O) groups excluding carboxylic acids is 1. The molecule has 2 N–H and O–H groups in total. The number of halogens is 1. The molecule has 4 atom stereocenters. The molecular formula is C25H31ClN2O4. The molecule has 0 aromatic heterocycles. The summed E-state index contributed by atoms with van der Waals surface area (Å²) in [5, 5.41) is 13.9. The van der Waals surface area contributed by atoms with E-state index in [1.54, 1.807) is 0 Å². The fourth-order valence-corrected chi connectivity index (χ4v) is 4.76. The van der Waals surface area contributed by atoms with E-state index < -0.39 is 6.10 Å². The highest BCUT2D eigenvalue weighted by Crippen LogP contribution is 2.28. The van der Waals surface area contributed by atoms with E-state index in [1.165, 1.54) is 5.56 Å². The van der Waals surface area contributed by atoms with Crippen molar-refractivity contribution in [1.82, 2.24) is 10.2 Å². The zero-order valence-electron chi connectivity index (χ0n) is 18.2. The molecule has 0 bridgehead atoms. The van der Waals surface area contributed by atoms with Crippen LogP contribution in [0.15, 0.2) is 54.6 Å². The molecule has 2 aromatic rings. The number of aliphatic hydroxyl groups is 1. The van der Waals surface area contributed by atoms with Crippen molar-refractivity contribution in [3.63, 3.8) is 0 Å². The molecule has 2 aliphatic rings. The Hall–Kier alpha value is -1.96. The van der Waals surface area contributed by atoms with E-state index in [0.29, 0.717) is 37.7 Å². The predicted molar refractivity (Wildman–Crippen MR) is 123 cm³/mol. The minimum absolute atomic E-state index is 0.0447. The van der Waals surface area contributed by atoms with Gasteiger partial charge in [0.05, 0.1) is 37.9 Å². The van der Waals surface area contributed by atoms with Gasteiger partial charge >= 0.3 is 0 Å². The predicted octanol–water partition coefficient (Wildman–Crippen LogP) is 3.16. The van der Waals surface area contributed by atoms with E-state index in [9.17, 15) is 9.90 Å². The third kappa shape index (κ3) is 6.30. The molecule has 4 rings (SSSR count). The first-order valence-electron chi connectivity index (χ1n) is 11.3. The third-order valence-corrected chi connectivity index (χ3v) is 6.53. The molecular weight excluding hydrogens is 428 g/mol. The molecule has 2 aromatic carbocycles. The van der Waals surface area contributed by atoms with E-state index in [2.05, 4.69) is 22.3 Å². The van der Waals surface area contributed by atoms with Crippen LogP contribution in [-0.2, 0) is 27.4 Å². The minimum Gasteiger partial charge on any atom is -0.389 e. The summed E-state index contributed by atoms with van der Waals surface area (Å²) in [5.74, 6) is -0.0447. The van der Waals surface area contributed by atoms with Gasteiger partial charge in [0.2, 0.25) is 5.91 Å². The summed E-state index contributed by atoms with van der Waals surface area (Å²) in [6.45, 7) is 2.42. The number of benzene rings is 2. The summed E-state index contributed by atoms with van der Waals surface area (Å²) in [4.78, 5) is 14.8. The van der Waals surface area contributed by atoms with Gasteiger partial charge in [-0.25, -0.2) is 0 Å². The van der Waals surface area contributed by atoms with Gasteiger partial charge in [-0.05, 0) is 30.0 Å². The number of ether oxygens (including phenoxy) is 2. The standard InChI is InChI=1S/C25H31ClN2O4/c26-22-9-5-4-8-19(22)13-27-25(30)12-21-10-11-23-24(32-21)17-31-16-20(29)15-28(23)14-18-6-2-1-3-7-18/h1-9,20-21,23-24,29H,10-17H2,(H,27,30)/t20-,21-,23-,24+/m1/s1. The first kappa shape index (κ1) is 23.2. The van der Waals surface area contributed by atoms with E-state index in [-0.39, 0.29) is 24.2 Å². The van der Waals surface area contributed by atoms with Crippen LogP contribution in [0.25, 0.3) is 0 Å². The molecule has 32 heavy (non-hydrogen) atoms. The van der Waals surface area contributed by atoms with Crippen molar-refractivity contribution in [2.24, 2.45) is 0 Å². The monoisotopic (exact) mass is 458 g/mol. The number of hydrogen-bond acceptors (Lipinski definition) is 5. The Morgan fingerprint density at radius 2 is 1.88 bits per heavy atom. The smallest absolute Gasteiger partial charge is 0.222 e. The number of hydrogen-bond donors (Lipinski definition) is 2.